The molecule has 0 aromatic heterocycles. The predicted molar refractivity (Wildman–Crippen MR) is 64.0 cm³/mol. The maximum atomic E-state index is 11.2. The SMILES string of the molecule is CCCNC(=O)CCNCCCN(C)C. The molecule has 0 aliphatic rings. The third kappa shape index (κ3) is 11.3. The molecule has 4 heteroatoms. The fourth-order valence-corrected chi connectivity index (χ4v) is 1.20. The van der Waals surface area contributed by atoms with E-state index >= 15 is 0 Å². The highest BCUT2D eigenvalue weighted by Gasteiger charge is 1.98. The summed E-state index contributed by atoms with van der Waals surface area (Å²) in [5, 5.41) is 6.11. The number of nitrogens with zero attached hydrogens (tertiary/aromatic N) is 1. The number of carbonyl (C=O) groups excluding carboxylic acids is 1. The van der Waals surface area contributed by atoms with Crippen molar-refractivity contribution in [2.75, 3.05) is 40.3 Å². The van der Waals surface area contributed by atoms with Gasteiger partial charge < -0.3 is 15.5 Å². The van der Waals surface area contributed by atoms with E-state index in [1.54, 1.807) is 0 Å². The van der Waals surface area contributed by atoms with Crippen LogP contribution in [-0.4, -0.2) is 51.1 Å². The molecule has 0 aromatic rings. The van der Waals surface area contributed by atoms with Gasteiger partial charge in [0.15, 0.2) is 0 Å². The van der Waals surface area contributed by atoms with Crippen molar-refractivity contribution in [3.8, 4) is 0 Å². The Bertz CT molecular complexity index is 160. The van der Waals surface area contributed by atoms with E-state index in [0.29, 0.717) is 6.42 Å². The minimum Gasteiger partial charge on any atom is -0.356 e. The maximum absolute atomic E-state index is 11.2. The maximum Gasteiger partial charge on any atom is 0.221 e. The third-order valence-electron chi connectivity index (χ3n) is 2.06. The van der Waals surface area contributed by atoms with Crippen LogP contribution in [0.25, 0.3) is 0 Å². The molecular weight excluding hydrogens is 190 g/mol. The van der Waals surface area contributed by atoms with E-state index in [1.165, 1.54) is 0 Å². The molecule has 0 unspecified atom stereocenters. The van der Waals surface area contributed by atoms with E-state index in [4.69, 9.17) is 0 Å². The summed E-state index contributed by atoms with van der Waals surface area (Å²) in [6, 6.07) is 0. The van der Waals surface area contributed by atoms with Crippen molar-refractivity contribution in [1.29, 1.82) is 0 Å². The van der Waals surface area contributed by atoms with Crippen molar-refractivity contribution in [1.82, 2.24) is 15.5 Å². The Morgan fingerprint density at radius 1 is 1.20 bits per heavy atom. The summed E-state index contributed by atoms with van der Waals surface area (Å²) >= 11 is 0. The van der Waals surface area contributed by atoms with Crippen molar-refractivity contribution in [3.63, 3.8) is 0 Å². The lowest BCUT2D eigenvalue weighted by Crippen LogP contribution is -2.29. The zero-order valence-corrected chi connectivity index (χ0v) is 10.3. The molecule has 0 bridgehead atoms. The van der Waals surface area contributed by atoms with Crippen LogP contribution in [0, 0.1) is 0 Å². The zero-order valence-electron chi connectivity index (χ0n) is 10.3. The Kier molecular flexibility index (Phi) is 9.52. The average Bonchev–Trinajstić information content (AvgIpc) is 2.19. The fraction of sp³-hybridized carbons (Fsp3) is 0.909. The first-order chi connectivity index (χ1) is 7.16. The molecule has 15 heavy (non-hydrogen) atoms. The van der Waals surface area contributed by atoms with Gasteiger partial charge in [-0.15, -0.1) is 0 Å². The van der Waals surface area contributed by atoms with Crippen LogP contribution in [0.15, 0.2) is 0 Å². The second-order valence-corrected chi connectivity index (χ2v) is 4.01. The van der Waals surface area contributed by atoms with Crippen LogP contribution in [0.2, 0.25) is 0 Å². The average molecular weight is 215 g/mol. The number of hydrogen-bond donors (Lipinski definition) is 2. The second kappa shape index (κ2) is 9.93. The van der Waals surface area contributed by atoms with Crippen LogP contribution < -0.4 is 10.6 Å². The number of nitrogens with one attached hydrogen (secondary N) is 2. The Morgan fingerprint density at radius 2 is 1.93 bits per heavy atom. The van der Waals surface area contributed by atoms with Gasteiger partial charge in [0.05, 0.1) is 0 Å². The summed E-state index contributed by atoms with van der Waals surface area (Å²) in [5.41, 5.74) is 0. The van der Waals surface area contributed by atoms with E-state index in [-0.39, 0.29) is 5.91 Å². The smallest absolute Gasteiger partial charge is 0.221 e. The molecule has 0 spiro atoms. The summed E-state index contributed by atoms with van der Waals surface area (Å²) in [5.74, 6) is 0.150. The molecule has 0 fully saturated rings. The van der Waals surface area contributed by atoms with Crippen molar-refractivity contribution in [2.45, 2.75) is 26.2 Å². The van der Waals surface area contributed by atoms with Gasteiger partial charge in [-0.1, -0.05) is 6.92 Å². The minimum atomic E-state index is 0.150. The standard InChI is InChI=1S/C11H25N3O/c1-4-7-13-11(15)6-9-12-8-5-10-14(2)3/h12H,4-10H2,1-3H3,(H,13,15). The summed E-state index contributed by atoms with van der Waals surface area (Å²) < 4.78 is 0. The topological polar surface area (TPSA) is 44.4 Å². The molecule has 0 atom stereocenters. The van der Waals surface area contributed by atoms with E-state index in [0.717, 1.165) is 39.0 Å². The van der Waals surface area contributed by atoms with Crippen molar-refractivity contribution < 1.29 is 4.79 Å². The molecule has 0 saturated heterocycles. The Hall–Kier alpha value is -0.610. The molecule has 1 amide bonds. The quantitative estimate of drug-likeness (QED) is 0.549. The summed E-state index contributed by atoms with van der Waals surface area (Å²) in [6.45, 7) is 5.70. The normalized spacial score (nSPS) is 10.7. The van der Waals surface area contributed by atoms with Crippen LogP contribution in [-0.2, 0) is 4.79 Å². The fourth-order valence-electron chi connectivity index (χ4n) is 1.20. The first-order valence-corrected chi connectivity index (χ1v) is 5.79. The van der Waals surface area contributed by atoms with E-state index < -0.39 is 0 Å². The van der Waals surface area contributed by atoms with Crippen molar-refractivity contribution in [3.05, 3.63) is 0 Å². The molecule has 0 aliphatic heterocycles. The monoisotopic (exact) mass is 215 g/mol. The van der Waals surface area contributed by atoms with Crippen LogP contribution >= 0.6 is 0 Å². The minimum absolute atomic E-state index is 0.150. The number of hydrogen-bond acceptors (Lipinski definition) is 3. The Morgan fingerprint density at radius 3 is 2.53 bits per heavy atom. The van der Waals surface area contributed by atoms with Gasteiger partial charge in [-0.3, -0.25) is 4.79 Å². The number of amides is 1. The zero-order chi connectivity index (χ0) is 11.5. The van der Waals surface area contributed by atoms with Crippen molar-refractivity contribution >= 4 is 5.91 Å². The molecule has 0 saturated carbocycles. The molecule has 2 N–H and O–H groups in total. The highest BCUT2D eigenvalue weighted by molar-refractivity contribution is 5.75. The van der Waals surface area contributed by atoms with Crippen LogP contribution in [0.3, 0.4) is 0 Å². The second-order valence-electron chi connectivity index (χ2n) is 4.01. The Labute approximate surface area is 93.4 Å². The lowest BCUT2D eigenvalue weighted by Gasteiger charge is -2.09. The first kappa shape index (κ1) is 14.4. The lowest BCUT2D eigenvalue weighted by atomic mass is 10.3. The molecule has 4 nitrogen and oxygen atoms in total. The van der Waals surface area contributed by atoms with E-state index in [1.807, 2.05) is 0 Å². The molecule has 0 radical (unpaired) electrons. The first-order valence-electron chi connectivity index (χ1n) is 5.79. The highest BCUT2D eigenvalue weighted by atomic mass is 16.1. The van der Waals surface area contributed by atoms with Crippen LogP contribution in [0.1, 0.15) is 26.2 Å². The molecule has 90 valence electrons. The number of rotatable bonds is 9. The van der Waals surface area contributed by atoms with Gasteiger partial charge in [0, 0.05) is 19.5 Å². The number of carbonyl (C=O) groups is 1. The van der Waals surface area contributed by atoms with Crippen molar-refractivity contribution in [2.24, 2.45) is 0 Å². The summed E-state index contributed by atoms with van der Waals surface area (Å²) in [6.07, 6.45) is 2.72. The van der Waals surface area contributed by atoms with Crippen LogP contribution in [0.4, 0.5) is 0 Å². The largest absolute Gasteiger partial charge is 0.356 e. The predicted octanol–water partition coefficient (Wildman–Crippen LogP) is 0.444. The van der Waals surface area contributed by atoms with Gasteiger partial charge >= 0.3 is 0 Å². The summed E-state index contributed by atoms with van der Waals surface area (Å²) in [4.78, 5) is 13.3. The van der Waals surface area contributed by atoms with Gasteiger partial charge in [0.1, 0.15) is 0 Å². The van der Waals surface area contributed by atoms with E-state index in [2.05, 4.69) is 36.6 Å². The van der Waals surface area contributed by atoms with Gasteiger partial charge in [0.2, 0.25) is 5.91 Å². The van der Waals surface area contributed by atoms with Crippen LogP contribution in [0.5, 0.6) is 0 Å². The van der Waals surface area contributed by atoms with Gasteiger partial charge in [-0.25, -0.2) is 0 Å². The van der Waals surface area contributed by atoms with Gasteiger partial charge in [-0.2, -0.15) is 0 Å². The Balaban J connectivity index is 3.13. The molecular formula is C11H25N3O. The molecule has 0 rings (SSSR count). The molecule has 0 aromatic carbocycles. The third-order valence-corrected chi connectivity index (χ3v) is 2.06. The molecule has 0 heterocycles. The van der Waals surface area contributed by atoms with Gasteiger partial charge in [-0.05, 0) is 40.0 Å². The van der Waals surface area contributed by atoms with Gasteiger partial charge in [0.25, 0.3) is 0 Å². The van der Waals surface area contributed by atoms with E-state index in [9.17, 15) is 4.79 Å². The highest BCUT2D eigenvalue weighted by Crippen LogP contribution is 1.82. The summed E-state index contributed by atoms with van der Waals surface area (Å²) in [7, 11) is 4.14. The molecule has 0 aliphatic carbocycles. The lowest BCUT2D eigenvalue weighted by molar-refractivity contribution is -0.120.